The van der Waals surface area contributed by atoms with Crippen molar-refractivity contribution in [3.63, 3.8) is 0 Å². The molecule has 0 saturated carbocycles. The Kier molecular flexibility index (Phi) is 4.86. The van der Waals surface area contributed by atoms with Crippen LogP contribution >= 0.6 is 0 Å². The summed E-state index contributed by atoms with van der Waals surface area (Å²) in [6.07, 6.45) is 11.8. The summed E-state index contributed by atoms with van der Waals surface area (Å²) in [4.78, 5) is 18.7. The molecule has 3 heterocycles. The molecule has 0 N–H and O–H groups in total. The van der Waals surface area contributed by atoms with Gasteiger partial charge in [-0.3, -0.25) is 9.78 Å². The normalized spacial score (nSPS) is 29.2. The zero-order valence-corrected chi connectivity index (χ0v) is 14.7. The molecule has 2 atom stereocenters. The van der Waals surface area contributed by atoms with Crippen molar-refractivity contribution in [3.05, 3.63) is 41.7 Å². The largest absolute Gasteiger partial charge is 0.371 e. The second-order valence-electron chi connectivity index (χ2n) is 7.44. The highest BCUT2D eigenvalue weighted by Crippen LogP contribution is 2.37. The maximum absolute atomic E-state index is 12.7. The number of aromatic nitrogens is 1. The number of hydrogen-bond acceptors (Lipinski definition) is 4. The number of rotatable bonds is 4. The van der Waals surface area contributed by atoms with E-state index in [2.05, 4.69) is 11.1 Å². The Bertz CT molecular complexity index is 646. The van der Waals surface area contributed by atoms with E-state index in [-0.39, 0.29) is 17.6 Å². The van der Waals surface area contributed by atoms with Crippen LogP contribution in [0.2, 0.25) is 0 Å². The van der Waals surface area contributed by atoms with Gasteiger partial charge in [-0.1, -0.05) is 6.08 Å². The van der Waals surface area contributed by atoms with Gasteiger partial charge in [-0.2, -0.15) is 0 Å². The van der Waals surface area contributed by atoms with Gasteiger partial charge in [0.25, 0.3) is 0 Å². The van der Waals surface area contributed by atoms with Crippen LogP contribution in [0, 0.1) is 0 Å². The summed E-state index contributed by atoms with van der Waals surface area (Å²) >= 11 is 0. The fourth-order valence-corrected chi connectivity index (χ4v) is 4.23. The van der Waals surface area contributed by atoms with E-state index in [0.29, 0.717) is 19.8 Å². The minimum Gasteiger partial charge on any atom is -0.371 e. The van der Waals surface area contributed by atoms with Crippen molar-refractivity contribution in [3.8, 4) is 0 Å². The molecule has 0 aromatic carbocycles. The number of ether oxygens (including phenoxy) is 2. The minimum absolute atomic E-state index is 0.105. The lowest BCUT2D eigenvalue weighted by Gasteiger charge is -2.39. The van der Waals surface area contributed by atoms with Crippen molar-refractivity contribution in [1.82, 2.24) is 9.88 Å². The Balaban J connectivity index is 1.33. The van der Waals surface area contributed by atoms with E-state index in [1.54, 1.807) is 12.4 Å². The SMILES string of the molecule is O=C(C1=CCCC1)N1CCC[C@]2(C[C@@H](OCc3ccncc3)CO2)C1. The number of carbonyl (C=O) groups excluding carboxylic acids is 1. The topological polar surface area (TPSA) is 51.7 Å². The van der Waals surface area contributed by atoms with E-state index in [1.807, 2.05) is 17.0 Å². The summed E-state index contributed by atoms with van der Waals surface area (Å²) in [7, 11) is 0. The van der Waals surface area contributed by atoms with Crippen LogP contribution in [0.5, 0.6) is 0 Å². The first-order chi connectivity index (χ1) is 12.2. The average Bonchev–Trinajstić information content (AvgIpc) is 3.31. The third-order valence-corrected chi connectivity index (χ3v) is 5.55. The van der Waals surface area contributed by atoms with Crippen LogP contribution in [0.3, 0.4) is 0 Å². The summed E-state index contributed by atoms with van der Waals surface area (Å²) < 4.78 is 12.2. The first kappa shape index (κ1) is 16.7. The van der Waals surface area contributed by atoms with Gasteiger partial charge in [-0.25, -0.2) is 0 Å². The van der Waals surface area contributed by atoms with Crippen molar-refractivity contribution in [1.29, 1.82) is 0 Å². The van der Waals surface area contributed by atoms with Crippen molar-refractivity contribution in [2.24, 2.45) is 0 Å². The molecule has 1 spiro atoms. The molecule has 1 aliphatic carbocycles. The van der Waals surface area contributed by atoms with Crippen LogP contribution < -0.4 is 0 Å². The van der Waals surface area contributed by atoms with Gasteiger partial charge in [0, 0.05) is 30.9 Å². The van der Waals surface area contributed by atoms with Crippen molar-refractivity contribution in [2.45, 2.75) is 56.8 Å². The lowest BCUT2D eigenvalue weighted by atomic mass is 9.89. The molecule has 3 aliphatic rings. The van der Waals surface area contributed by atoms with Gasteiger partial charge in [0.05, 0.1) is 31.5 Å². The van der Waals surface area contributed by atoms with Crippen molar-refractivity contribution in [2.75, 3.05) is 19.7 Å². The quantitative estimate of drug-likeness (QED) is 0.844. The maximum Gasteiger partial charge on any atom is 0.249 e. The summed E-state index contributed by atoms with van der Waals surface area (Å²) in [6.45, 7) is 2.76. The fourth-order valence-electron chi connectivity index (χ4n) is 4.23. The van der Waals surface area contributed by atoms with Crippen LogP contribution in [-0.2, 0) is 20.9 Å². The van der Waals surface area contributed by atoms with Crippen LogP contribution in [0.1, 0.15) is 44.1 Å². The molecule has 134 valence electrons. The van der Waals surface area contributed by atoms with Gasteiger partial charge in [0.15, 0.2) is 0 Å². The molecule has 1 amide bonds. The number of nitrogens with zero attached hydrogens (tertiary/aromatic N) is 2. The van der Waals surface area contributed by atoms with Gasteiger partial charge in [-0.05, 0) is 49.8 Å². The fraction of sp³-hybridized carbons (Fsp3) is 0.600. The van der Waals surface area contributed by atoms with E-state index < -0.39 is 0 Å². The van der Waals surface area contributed by atoms with Crippen molar-refractivity contribution < 1.29 is 14.3 Å². The smallest absolute Gasteiger partial charge is 0.249 e. The molecule has 0 unspecified atom stereocenters. The molecule has 4 rings (SSSR count). The van der Waals surface area contributed by atoms with E-state index >= 15 is 0 Å². The number of hydrogen-bond donors (Lipinski definition) is 0. The van der Waals surface area contributed by atoms with Gasteiger partial charge < -0.3 is 14.4 Å². The Morgan fingerprint density at radius 3 is 3.04 bits per heavy atom. The zero-order chi connectivity index (χ0) is 17.1. The van der Waals surface area contributed by atoms with Crippen LogP contribution in [0.25, 0.3) is 0 Å². The lowest BCUT2D eigenvalue weighted by Crippen LogP contribution is -2.50. The van der Waals surface area contributed by atoms with Gasteiger partial charge >= 0.3 is 0 Å². The van der Waals surface area contributed by atoms with Crippen molar-refractivity contribution >= 4 is 5.91 Å². The first-order valence-corrected chi connectivity index (χ1v) is 9.37. The summed E-state index contributed by atoms with van der Waals surface area (Å²) in [5.74, 6) is 0.223. The second-order valence-corrected chi connectivity index (χ2v) is 7.44. The average molecular weight is 342 g/mol. The monoisotopic (exact) mass is 342 g/mol. The summed E-state index contributed by atoms with van der Waals surface area (Å²) in [5.41, 5.74) is 1.92. The number of pyridine rings is 1. The predicted molar refractivity (Wildman–Crippen MR) is 93.9 cm³/mol. The highest BCUT2D eigenvalue weighted by atomic mass is 16.6. The highest BCUT2D eigenvalue weighted by molar-refractivity contribution is 5.93. The molecule has 1 aromatic heterocycles. The number of allylic oxidation sites excluding steroid dienone is 1. The van der Waals surface area contributed by atoms with Gasteiger partial charge in [-0.15, -0.1) is 0 Å². The first-order valence-electron chi connectivity index (χ1n) is 9.37. The molecule has 25 heavy (non-hydrogen) atoms. The Hall–Kier alpha value is -1.72. The summed E-state index contributed by atoms with van der Waals surface area (Å²) in [5, 5.41) is 0. The molecule has 0 bridgehead atoms. The highest BCUT2D eigenvalue weighted by Gasteiger charge is 2.45. The molecule has 5 nitrogen and oxygen atoms in total. The van der Waals surface area contributed by atoms with Crippen LogP contribution in [0.15, 0.2) is 36.2 Å². The van der Waals surface area contributed by atoms with E-state index in [9.17, 15) is 4.79 Å². The molecule has 0 radical (unpaired) electrons. The molecule has 2 saturated heterocycles. The molecule has 2 fully saturated rings. The van der Waals surface area contributed by atoms with Crippen LogP contribution in [-0.4, -0.2) is 47.2 Å². The van der Waals surface area contributed by atoms with E-state index in [4.69, 9.17) is 9.47 Å². The third kappa shape index (κ3) is 3.77. The second kappa shape index (κ2) is 7.26. The van der Waals surface area contributed by atoms with Gasteiger partial charge in [0.2, 0.25) is 5.91 Å². The molecular formula is C20H26N2O3. The standard InChI is InChI=1S/C20H26N2O3/c23-19(17-4-1-2-5-17)22-11-3-8-20(15-22)12-18(14-25-20)24-13-16-6-9-21-10-7-16/h4,6-7,9-10,18H,1-3,5,8,11-15H2/t18-,20+/m1/s1. The maximum atomic E-state index is 12.7. The third-order valence-electron chi connectivity index (χ3n) is 5.55. The number of amides is 1. The Morgan fingerprint density at radius 1 is 1.36 bits per heavy atom. The molecule has 2 aliphatic heterocycles. The molecule has 1 aromatic rings. The lowest BCUT2D eigenvalue weighted by molar-refractivity contribution is -0.135. The number of piperidine rings is 1. The minimum atomic E-state index is -0.212. The Labute approximate surface area is 149 Å². The molecule has 5 heteroatoms. The Morgan fingerprint density at radius 2 is 2.24 bits per heavy atom. The predicted octanol–water partition coefficient (Wildman–Crippen LogP) is 2.86. The van der Waals surface area contributed by atoms with E-state index in [1.165, 1.54) is 0 Å². The van der Waals surface area contributed by atoms with Gasteiger partial charge in [0.1, 0.15) is 0 Å². The summed E-state index contributed by atoms with van der Waals surface area (Å²) in [6, 6.07) is 3.95. The number of carbonyl (C=O) groups is 1. The van der Waals surface area contributed by atoms with Crippen LogP contribution in [0.4, 0.5) is 0 Å². The molecular weight excluding hydrogens is 316 g/mol. The number of likely N-dealkylation sites (tertiary alicyclic amines) is 1. The zero-order valence-electron chi connectivity index (χ0n) is 14.7. The van der Waals surface area contributed by atoms with E-state index in [0.717, 1.165) is 56.2 Å².